The third-order valence-corrected chi connectivity index (χ3v) is 4.04. The highest BCUT2D eigenvalue weighted by Crippen LogP contribution is 2.22. The number of hydrogen-bond acceptors (Lipinski definition) is 3. The van der Waals surface area contributed by atoms with Crippen molar-refractivity contribution >= 4 is 17.5 Å². The van der Waals surface area contributed by atoms with Crippen LogP contribution in [0.2, 0.25) is 5.02 Å². The van der Waals surface area contributed by atoms with Crippen LogP contribution in [-0.4, -0.2) is 33.9 Å². The van der Waals surface area contributed by atoms with Crippen molar-refractivity contribution in [3.8, 4) is 0 Å². The van der Waals surface area contributed by atoms with Crippen molar-refractivity contribution in [2.24, 2.45) is 5.92 Å². The number of hydrogen-bond donors (Lipinski definition) is 0. The molecule has 1 atom stereocenters. The molecule has 1 saturated heterocycles. The van der Waals surface area contributed by atoms with Crippen molar-refractivity contribution in [1.82, 2.24) is 14.9 Å². The maximum atomic E-state index is 12.3. The Morgan fingerprint density at radius 1 is 1.29 bits per heavy atom. The average molecular weight is 302 g/mol. The summed E-state index contributed by atoms with van der Waals surface area (Å²) in [6.07, 6.45) is 6.64. The fourth-order valence-corrected chi connectivity index (χ4v) is 2.84. The number of halogens is 1. The molecule has 0 radical (unpaired) electrons. The lowest BCUT2D eigenvalue weighted by atomic mass is 9.99. The minimum atomic E-state index is -0.0262. The summed E-state index contributed by atoms with van der Waals surface area (Å²) < 4.78 is 0. The van der Waals surface area contributed by atoms with Gasteiger partial charge in [0.25, 0.3) is 5.91 Å². The number of carbonyl (C=O) groups excluding carboxylic acids is 1. The minimum Gasteiger partial charge on any atom is -0.337 e. The Balaban J connectivity index is 1.60. The zero-order valence-electron chi connectivity index (χ0n) is 11.6. The average Bonchev–Trinajstić information content (AvgIpc) is 2.98. The van der Waals surface area contributed by atoms with Crippen LogP contribution in [0.3, 0.4) is 0 Å². The van der Waals surface area contributed by atoms with Crippen molar-refractivity contribution in [3.05, 3.63) is 59.1 Å². The molecule has 1 amide bonds. The maximum Gasteiger partial charge on any atom is 0.274 e. The van der Waals surface area contributed by atoms with E-state index in [1.807, 2.05) is 17.0 Å². The first kappa shape index (κ1) is 14.0. The molecule has 21 heavy (non-hydrogen) atoms. The molecule has 5 heteroatoms. The summed E-state index contributed by atoms with van der Waals surface area (Å²) >= 11 is 5.90. The lowest BCUT2D eigenvalue weighted by Gasteiger charge is -2.15. The van der Waals surface area contributed by atoms with Gasteiger partial charge in [0.2, 0.25) is 0 Å². The molecule has 2 aromatic rings. The highest BCUT2D eigenvalue weighted by molar-refractivity contribution is 6.30. The van der Waals surface area contributed by atoms with Crippen molar-refractivity contribution in [2.45, 2.75) is 12.8 Å². The van der Waals surface area contributed by atoms with E-state index in [0.29, 0.717) is 11.6 Å². The fourth-order valence-electron chi connectivity index (χ4n) is 2.71. The van der Waals surface area contributed by atoms with Crippen LogP contribution >= 0.6 is 11.6 Å². The molecule has 108 valence electrons. The minimum absolute atomic E-state index is 0.0262. The molecule has 1 fully saturated rings. The van der Waals surface area contributed by atoms with Gasteiger partial charge in [0.15, 0.2) is 0 Å². The van der Waals surface area contributed by atoms with E-state index in [2.05, 4.69) is 22.1 Å². The van der Waals surface area contributed by atoms with Gasteiger partial charge in [0.1, 0.15) is 5.69 Å². The standard InChI is InChI=1S/C16H16ClN3O/c17-14-3-1-12(2-4-14)9-13-5-8-20(11-13)16(21)15-10-18-6-7-19-15/h1-4,6-7,10,13H,5,8-9,11H2. The predicted molar refractivity (Wildman–Crippen MR) is 81.2 cm³/mol. The third-order valence-electron chi connectivity index (χ3n) is 3.79. The number of carbonyl (C=O) groups is 1. The number of aromatic nitrogens is 2. The highest BCUT2D eigenvalue weighted by Gasteiger charge is 2.27. The molecule has 4 nitrogen and oxygen atoms in total. The molecular weight excluding hydrogens is 286 g/mol. The van der Waals surface area contributed by atoms with E-state index in [-0.39, 0.29) is 5.91 Å². The van der Waals surface area contributed by atoms with E-state index in [1.54, 1.807) is 12.4 Å². The summed E-state index contributed by atoms with van der Waals surface area (Å²) in [5.41, 5.74) is 1.68. The lowest BCUT2D eigenvalue weighted by Crippen LogP contribution is -2.29. The molecule has 1 aliphatic heterocycles. The van der Waals surface area contributed by atoms with Crippen molar-refractivity contribution in [1.29, 1.82) is 0 Å². The van der Waals surface area contributed by atoms with Gasteiger partial charge in [-0.2, -0.15) is 0 Å². The van der Waals surface area contributed by atoms with Crippen LogP contribution in [0.5, 0.6) is 0 Å². The monoisotopic (exact) mass is 301 g/mol. The SMILES string of the molecule is O=C(c1cnccn1)N1CCC(Cc2ccc(Cl)cc2)C1. The van der Waals surface area contributed by atoms with Gasteiger partial charge in [-0.1, -0.05) is 23.7 Å². The first-order valence-electron chi connectivity index (χ1n) is 7.02. The Morgan fingerprint density at radius 3 is 2.81 bits per heavy atom. The van der Waals surface area contributed by atoms with Crippen molar-refractivity contribution in [2.75, 3.05) is 13.1 Å². The van der Waals surface area contributed by atoms with E-state index < -0.39 is 0 Å². The van der Waals surface area contributed by atoms with Gasteiger partial charge in [-0.15, -0.1) is 0 Å². The van der Waals surface area contributed by atoms with Gasteiger partial charge in [-0.3, -0.25) is 9.78 Å². The molecule has 0 aliphatic carbocycles. The zero-order chi connectivity index (χ0) is 14.7. The highest BCUT2D eigenvalue weighted by atomic mass is 35.5. The van der Waals surface area contributed by atoms with E-state index in [4.69, 9.17) is 11.6 Å². The summed E-state index contributed by atoms with van der Waals surface area (Å²) in [6.45, 7) is 1.56. The second-order valence-electron chi connectivity index (χ2n) is 5.33. The van der Waals surface area contributed by atoms with E-state index in [0.717, 1.165) is 31.0 Å². The molecule has 0 saturated carbocycles. The van der Waals surface area contributed by atoms with Crippen LogP contribution in [0.4, 0.5) is 0 Å². The van der Waals surface area contributed by atoms with Gasteiger partial charge in [0.05, 0.1) is 6.20 Å². The summed E-state index contributed by atoms with van der Waals surface area (Å²) in [7, 11) is 0. The molecule has 1 aromatic carbocycles. The molecule has 0 N–H and O–H groups in total. The topological polar surface area (TPSA) is 46.1 Å². The predicted octanol–water partition coefficient (Wildman–Crippen LogP) is 2.83. The van der Waals surface area contributed by atoms with E-state index >= 15 is 0 Å². The first-order chi connectivity index (χ1) is 10.2. The summed E-state index contributed by atoms with van der Waals surface area (Å²) in [5.74, 6) is 0.466. The van der Waals surface area contributed by atoms with Gasteiger partial charge >= 0.3 is 0 Å². The van der Waals surface area contributed by atoms with Crippen molar-refractivity contribution < 1.29 is 4.79 Å². The van der Waals surface area contributed by atoms with Gasteiger partial charge in [-0.25, -0.2) is 4.98 Å². The molecule has 3 rings (SSSR count). The van der Waals surface area contributed by atoms with Gasteiger partial charge < -0.3 is 4.90 Å². The quantitative estimate of drug-likeness (QED) is 0.876. The number of rotatable bonds is 3. The number of nitrogens with zero attached hydrogens (tertiary/aromatic N) is 3. The summed E-state index contributed by atoms with van der Waals surface area (Å²) in [4.78, 5) is 22.2. The maximum absolute atomic E-state index is 12.3. The first-order valence-corrected chi connectivity index (χ1v) is 7.40. The Morgan fingerprint density at radius 2 is 2.10 bits per heavy atom. The van der Waals surface area contributed by atoms with Crippen LogP contribution in [-0.2, 0) is 6.42 Å². The van der Waals surface area contributed by atoms with Crippen molar-refractivity contribution in [3.63, 3.8) is 0 Å². The molecular formula is C16H16ClN3O. The largest absolute Gasteiger partial charge is 0.337 e. The summed E-state index contributed by atoms with van der Waals surface area (Å²) in [6, 6.07) is 7.92. The second kappa shape index (κ2) is 6.22. The van der Waals surface area contributed by atoms with Gasteiger partial charge in [-0.05, 0) is 36.5 Å². The Bertz CT molecular complexity index is 615. The van der Waals surface area contributed by atoms with Crippen LogP contribution in [0, 0.1) is 5.92 Å². The van der Waals surface area contributed by atoms with Crippen LogP contribution in [0.1, 0.15) is 22.5 Å². The zero-order valence-corrected chi connectivity index (χ0v) is 12.3. The molecule has 0 spiro atoms. The molecule has 1 aliphatic rings. The molecule has 1 unspecified atom stereocenters. The van der Waals surface area contributed by atoms with Crippen LogP contribution in [0.25, 0.3) is 0 Å². The number of likely N-dealkylation sites (tertiary alicyclic amines) is 1. The van der Waals surface area contributed by atoms with E-state index in [1.165, 1.54) is 11.8 Å². The smallest absolute Gasteiger partial charge is 0.274 e. The molecule has 0 bridgehead atoms. The lowest BCUT2D eigenvalue weighted by molar-refractivity contribution is 0.0781. The van der Waals surface area contributed by atoms with Crippen LogP contribution < -0.4 is 0 Å². The number of amides is 1. The molecule has 2 heterocycles. The summed E-state index contributed by atoms with van der Waals surface area (Å²) in [5, 5.41) is 0.754. The normalized spacial score (nSPS) is 18.0. The van der Waals surface area contributed by atoms with Crippen LogP contribution in [0.15, 0.2) is 42.9 Å². The Kier molecular flexibility index (Phi) is 4.15. The fraction of sp³-hybridized carbons (Fsp3) is 0.312. The van der Waals surface area contributed by atoms with E-state index in [9.17, 15) is 4.79 Å². The van der Waals surface area contributed by atoms with Gasteiger partial charge in [0, 0.05) is 30.5 Å². The second-order valence-corrected chi connectivity index (χ2v) is 5.76. The Labute approximate surface area is 128 Å². The third kappa shape index (κ3) is 3.39. The Hall–Kier alpha value is -1.94. The number of benzene rings is 1. The molecule has 1 aromatic heterocycles.